The molecule has 1 amide bonds. The molecule has 3 aliphatic rings. The van der Waals surface area contributed by atoms with Gasteiger partial charge in [0.1, 0.15) is 0 Å². The number of fused-ring (bicyclic) bond motifs is 7. The summed E-state index contributed by atoms with van der Waals surface area (Å²) >= 11 is 0. The zero-order valence-electron chi connectivity index (χ0n) is 17.0. The second-order valence-electron chi connectivity index (χ2n) is 9.98. The minimum absolute atomic E-state index is 0.0280. The van der Waals surface area contributed by atoms with Gasteiger partial charge in [-0.05, 0) is 93.0 Å². The molecule has 5 rings (SSSR count). The van der Waals surface area contributed by atoms with Crippen LogP contribution >= 0.6 is 0 Å². The predicted molar refractivity (Wildman–Crippen MR) is 114 cm³/mol. The molecule has 2 aromatic carbocycles. The second kappa shape index (κ2) is 6.37. The number of anilines is 1. The Morgan fingerprint density at radius 1 is 1.04 bits per heavy atom. The summed E-state index contributed by atoms with van der Waals surface area (Å²) in [6.45, 7) is 6.09. The fourth-order valence-electron chi connectivity index (χ4n) is 6.03. The average molecular weight is 375 g/mol. The van der Waals surface area contributed by atoms with Crippen LogP contribution in [0.1, 0.15) is 73.5 Å². The van der Waals surface area contributed by atoms with Gasteiger partial charge < -0.3 is 10.6 Å². The Morgan fingerprint density at radius 3 is 2.54 bits per heavy atom. The van der Waals surface area contributed by atoms with Gasteiger partial charge in [0.2, 0.25) is 0 Å². The van der Waals surface area contributed by atoms with Gasteiger partial charge >= 0.3 is 0 Å². The van der Waals surface area contributed by atoms with Crippen molar-refractivity contribution in [1.82, 2.24) is 5.32 Å². The zero-order valence-corrected chi connectivity index (χ0v) is 17.0. The van der Waals surface area contributed by atoms with Gasteiger partial charge in [-0.2, -0.15) is 0 Å². The number of nitrogens with one attached hydrogen (secondary N) is 2. The van der Waals surface area contributed by atoms with Crippen molar-refractivity contribution in [3.8, 4) is 0 Å². The molecule has 0 aromatic heterocycles. The van der Waals surface area contributed by atoms with Crippen molar-refractivity contribution in [2.24, 2.45) is 17.8 Å². The maximum atomic E-state index is 12.8. The Morgan fingerprint density at radius 2 is 1.79 bits per heavy atom. The molecule has 0 unspecified atom stereocenters. The molecule has 2 saturated carbocycles. The highest BCUT2D eigenvalue weighted by Crippen LogP contribution is 2.63. The van der Waals surface area contributed by atoms with E-state index in [1.807, 2.05) is 26.8 Å². The van der Waals surface area contributed by atoms with E-state index in [0.717, 1.165) is 17.4 Å². The highest BCUT2D eigenvalue weighted by molar-refractivity contribution is 5.95. The molecule has 2 bridgehead atoms. The van der Waals surface area contributed by atoms with E-state index in [1.54, 1.807) is 0 Å². The lowest BCUT2D eigenvalue weighted by Crippen LogP contribution is -2.41. The van der Waals surface area contributed by atoms with Gasteiger partial charge in [0.25, 0.3) is 5.91 Å². The second-order valence-corrected chi connectivity index (χ2v) is 9.98. The molecule has 0 saturated heterocycles. The summed E-state index contributed by atoms with van der Waals surface area (Å²) in [5, 5.41) is 6.96. The third kappa shape index (κ3) is 2.92. The monoisotopic (exact) mass is 374 g/mol. The number of hydrogen-bond acceptors (Lipinski definition) is 2. The Bertz CT molecular complexity index is 899. The minimum atomic E-state index is -0.224. The molecule has 3 nitrogen and oxygen atoms in total. The van der Waals surface area contributed by atoms with E-state index in [9.17, 15) is 4.79 Å². The van der Waals surface area contributed by atoms with Crippen LogP contribution in [0.2, 0.25) is 0 Å². The van der Waals surface area contributed by atoms with Crippen LogP contribution in [0.3, 0.4) is 0 Å². The highest BCUT2D eigenvalue weighted by atomic mass is 16.1. The van der Waals surface area contributed by atoms with Crippen molar-refractivity contribution in [3.05, 3.63) is 65.2 Å². The van der Waals surface area contributed by atoms with Crippen LogP contribution in [0.25, 0.3) is 0 Å². The molecule has 5 atom stereocenters. The lowest BCUT2D eigenvalue weighted by Gasteiger charge is -2.43. The van der Waals surface area contributed by atoms with Gasteiger partial charge in [-0.15, -0.1) is 0 Å². The summed E-state index contributed by atoms with van der Waals surface area (Å²) in [5.74, 6) is 2.80. The Balaban J connectivity index is 1.54. The number of carbonyl (C=O) groups excluding carboxylic acids is 1. The lowest BCUT2D eigenvalue weighted by molar-refractivity contribution is 0.0919. The summed E-state index contributed by atoms with van der Waals surface area (Å²) in [6.07, 6.45) is 4.04. The van der Waals surface area contributed by atoms with E-state index < -0.39 is 0 Å². The van der Waals surface area contributed by atoms with Crippen molar-refractivity contribution < 1.29 is 4.79 Å². The van der Waals surface area contributed by atoms with E-state index in [1.165, 1.54) is 36.1 Å². The largest absolute Gasteiger partial charge is 0.378 e. The number of rotatable bonds is 2. The average Bonchev–Trinajstić information content (AvgIpc) is 3.29. The maximum Gasteiger partial charge on any atom is 0.251 e. The summed E-state index contributed by atoms with van der Waals surface area (Å²) in [5.41, 5.74) is 4.54. The van der Waals surface area contributed by atoms with E-state index in [2.05, 4.69) is 53.1 Å². The summed E-state index contributed by atoms with van der Waals surface area (Å²) < 4.78 is 0. The van der Waals surface area contributed by atoms with Crippen LogP contribution < -0.4 is 10.6 Å². The van der Waals surface area contributed by atoms with Gasteiger partial charge in [-0.3, -0.25) is 4.79 Å². The van der Waals surface area contributed by atoms with Crippen molar-refractivity contribution in [1.29, 1.82) is 0 Å². The van der Waals surface area contributed by atoms with Crippen LogP contribution in [0.15, 0.2) is 48.5 Å². The van der Waals surface area contributed by atoms with E-state index >= 15 is 0 Å². The van der Waals surface area contributed by atoms with Gasteiger partial charge in [0, 0.05) is 16.8 Å². The standard InChI is InChI=1S/C25H30N2O/c1-25(2,3)27-24(28)18-11-12-20-19(14-18)21-16-9-10-17(13-16)22(21)23(26-20)15-7-5-4-6-8-15/h4-8,11-12,14,16-17,21-23,26H,9-10,13H2,1-3H3,(H,27,28)/t16-,17-,21-,22-,23-/m1/s1. The Hall–Kier alpha value is -2.29. The number of benzene rings is 2. The first-order valence-corrected chi connectivity index (χ1v) is 10.7. The van der Waals surface area contributed by atoms with Crippen molar-refractivity contribution in [3.63, 3.8) is 0 Å². The molecule has 146 valence electrons. The maximum absolute atomic E-state index is 12.8. The van der Waals surface area contributed by atoms with Crippen molar-refractivity contribution >= 4 is 11.6 Å². The first-order chi connectivity index (χ1) is 13.4. The first-order valence-electron chi connectivity index (χ1n) is 10.7. The fourth-order valence-corrected chi connectivity index (χ4v) is 6.03. The van der Waals surface area contributed by atoms with Gasteiger partial charge in [0.15, 0.2) is 0 Å². The molecule has 28 heavy (non-hydrogen) atoms. The molecular formula is C25H30N2O. The van der Waals surface area contributed by atoms with Crippen LogP contribution in [0.4, 0.5) is 5.69 Å². The quantitative estimate of drug-likeness (QED) is 0.727. The smallest absolute Gasteiger partial charge is 0.251 e. The van der Waals surface area contributed by atoms with Crippen molar-refractivity contribution in [2.75, 3.05) is 5.32 Å². The molecule has 2 aromatic rings. The SMILES string of the molecule is CC(C)(C)NC(=O)c1ccc2c(c1)[C@H]1[C@@H]3CC[C@H](C3)[C@H]1[C@@H](c1ccccc1)N2. The van der Waals surface area contributed by atoms with Gasteiger partial charge in [-0.1, -0.05) is 30.3 Å². The fraction of sp³-hybridized carbons (Fsp3) is 0.480. The normalized spacial score (nSPS) is 30.3. The zero-order chi connectivity index (χ0) is 19.5. The number of amides is 1. The minimum Gasteiger partial charge on any atom is -0.378 e. The van der Waals surface area contributed by atoms with Crippen LogP contribution in [-0.4, -0.2) is 11.4 Å². The Kier molecular flexibility index (Phi) is 4.04. The summed E-state index contributed by atoms with van der Waals surface area (Å²) in [7, 11) is 0. The molecule has 1 heterocycles. The lowest BCUT2D eigenvalue weighted by atomic mass is 9.68. The van der Waals surface area contributed by atoms with Gasteiger partial charge in [-0.25, -0.2) is 0 Å². The van der Waals surface area contributed by atoms with Crippen LogP contribution in [0, 0.1) is 17.8 Å². The number of hydrogen-bond donors (Lipinski definition) is 2. The molecule has 2 aliphatic carbocycles. The molecule has 1 aliphatic heterocycles. The van der Waals surface area contributed by atoms with E-state index in [-0.39, 0.29) is 11.4 Å². The molecule has 2 N–H and O–H groups in total. The third-order valence-corrected chi connectivity index (χ3v) is 7.00. The first kappa shape index (κ1) is 17.8. The number of carbonyl (C=O) groups is 1. The van der Waals surface area contributed by atoms with Crippen LogP contribution in [0.5, 0.6) is 0 Å². The highest BCUT2D eigenvalue weighted by Gasteiger charge is 2.53. The van der Waals surface area contributed by atoms with Gasteiger partial charge in [0.05, 0.1) is 6.04 Å². The van der Waals surface area contributed by atoms with Crippen LogP contribution in [-0.2, 0) is 0 Å². The van der Waals surface area contributed by atoms with Crippen molar-refractivity contribution in [2.45, 2.75) is 57.5 Å². The summed E-state index contributed by atoms with van der Waals surface area (Å²) in [6, 6.07) is 17.6. The third-order valence-electron chi connectivity index (χ3n) is 7.00. The molecule has 0 radical (unpaired) electrons. The van der Waals surface area contributed by atoms with E-state index in [0.29, 0.717) is 17.9 Å². The Labute approximate surface area is 167 Å². The molecule has 2 fully saturated rings. The molecule has 0 spiro atoms. The predicted octanol–water partition coefficient (Wildman–Crippen LogP) is 5.51. The van der Waals surface area contributed by atoms with E-state index in [4.69, 9.17) is 0 Å². The summed E-state index contributed by atoms with van der Waals surface area (Å²) in [4.78, 5) is 12.8. The topological polar surface area (TPSA) is 41.1 Å². The molecular weight excluding hydrogens is 344 g/mol. The molecule has 3 heteroatoms.